The molecule has 0 aliphatic rings. The van der Waals surface area contributed by atoms with Crippen LogP contribution in [0.25, 0.3) is 0 Å². The van der Waals surface area contributed by atoms with Crippen molar-refractivity contribution in [3.8, 4) is 17.2 Å². The molecule has 7 nitrogen and oxygen atoms in total. The third-order valence-electron chi connectivity index (χ3n) is 3.99. The van der Waals surface area contributed by atoms with Crippen LogP contribution in [0.15, 0.2) is 41.6 Å². The van der Waals surface area contributed by atoms with E-state index < -0.39 is 0 Å². The third-order valence-corrected chi connectivity index (χ3v) is 3.99. The average molecular weight is 372 g/mol. The zero-order valence-electron chi connectivity index (χ0n) is 15.9. The van der Waals surface area contributed by atoms with E-state index in [4.69, 9.17) is 14.2 Å². The third kappa shape index (κ3) is 4.69. The molecule has 0 fully saturated rings. The topological polar surface area (TPSA) is 89.4 Å². The summed E-state index contributed by atoms with van der Waals surface area (Å²) in [6.07, 6.45) is 1.49. The van der Waals surface area contributed by atoms with E-state index in [9.17, 15) is 10.0 Å². The standard InChI is InChI=1S/C20H24N2O5/c1-5-7-16(22-24)13-8-6-9-15(10-13)21-20(23)14-11-17(25-2)19(27-4)18(12-14)26-3/h6,8-12,24H,5,7H2,1-4H3,(H,21,23). The molecule has 0 spiro atoms. The molecule has 0 unspecified atom stereocenters. The summed E-state index contributed by atoms with van der Waals surface area (Å²) in [5, 5.41) is 15.4. The Morgan fingerprint density at radius 2 is 1.70 bits per heavy atom. The van der Waals surface area contributed by atoms with Gasteiger partial charge in [-0.3, -0.25) is 4.79 Å². The Balaban J connectivity index is 2.30. The summed E-state index contributed by atoms with van der Waals surface area (Å²) in [6.45, 7) is 2.00. The number of oxime groups is 1. The number of nitrogens with zero attached hydrogens (tertiary/aromatic N) is 1. The van der Waals surface area contributed by atoms with E-state index in [-0.39, 0.29) is 5.91 Å². The van der Waals surface area contributed by atoms with Crippen molar-refractivity contribution in [3.63, 3.8) is 0 Å². The molecule has 0 saturated carbocycles. The van der Waals surface area contributed by atoms with Gasteiger partial charge in [-0.2, -0.15) is 0 Å². The maximum Gasteiger partial charge on any atom is 0.255 e. The molecule has 2 N–H and O–H groups in total. The van der Waals surface area contributed by atoms with Crippen molar-refractivity contribution in [2.45, 2.75) is 19.8 Å². The Morgan fingerprint density at radius 3 is 2.22 bits per heavy atom. The number of benzene rings is 2. The molecule has 0 heterocycles. The normalized spacial score (nSPS) is 11.0. The number of hydrogen-bond acceptors (Lipinski definition) is 6. The average Bonchev–Trinajstić information content (AvgIpc) is 2.70. The van der Waals surface area contributed by atoms with E-state index >= 15 is 0 Å². The molecular formula is C20H24N2O5. The number of carbonyl (C=O) groups excluding carboxylic acids is 1. The number of anilines is 1. The molecule has 0 atom stereocenters. The predicted molar refractivity (Wildman–Crippen MR) is 104 cm³/mol. The number of ether oxygens (including phenoxy) is 3. The van der Waals surface area contributed by atoms with Crippen LogP contribution in [-0.2, 0) is 0 Å². The number of amides is 1. The van der Waals surface area contributed by atoms with Gasteiger partial charge in [0.2, 0.25) is 5.75 Å². The smallest absolute Gasteiger partial charge is 0.255 e. The molecule has 0 bridgehead atoms. The first kappa shape index (κ1) is 20.1. The summed E-state index contributed by atoms with van der Waals surface area (Å²) in [5.74, 6) is 0.882. The number of hydrogen-bond donors (Lipinski definition) is 2. The van der Waals surface area contributed by atoms with Gasteiger partial charge in [-0.15, -0.1) is 0 Å². The fraction of sp³-hybridized carbons (Fsp3) is 0.300. The summed E-state index contributed by atoms with van der Waals surface area (Å²) >= 11 is 0. The lowest BCUT2D eigenvalue weighted by molar-refractivity contribution is 0.102. The van der Waals surface area contributed by atoms with E-state index in [1.807, 2.05) is 13.0 Å². The van der Waals surface area contributed by atoms with E-state index in [1.54, 1.807) is 30.3 Å². The molecule has 1 amide bonds. The molecule has 0 radical (unpaired) electrons. The van der Waals surface area contributed by atoms with Crippen molar-refractivity contribution >= 4 is 17.3 Å². The molecule has 27 heavy (non-hydrogen) atoms. The molecule has 144 valence electrons. The van der Waals surface area contributed by atoms with E-state index in [1.165, 1.54) is 21.3 Å². The van der Waals surface area contributed by atoms with E-state index in [0.717, 1.165) is 12.0 Å². The van der Waals surface area contributed by atoms with E-state index in [0.29, 0.717) is 40.6 Å². The first-order chi connectivity index (χ1) is 13.1. The summed E-state index contributed by atoms with van der Waals surface area (Å²) in [4.78, 5) is 12.7. The maximum absolute atomic E-state index is 12.7. The zero-order chi connectivity index (χ0) is 19.8. The Kier molecular flexibility index (Phi) is 7.05. The second-order valence-corrected chi connectivity index (χ2v) is 5.75. The SMILES string of the molecule is CCCC(=NO)c1cccc(NC(=O)c2cc(OC)c(OC)c(OC)c2)c1. The highest BCUT2D eigenvalue weighted by atomic mass is 16.5. The predicted octanol–water partition coefficient (Wildman–Crippen LogP) is 3.94. The quantitative estimate of drug-likeness (QED) is 0.416. The van der Waals surface area contributed by atoms with Gasteiger partial charge in [0.1, 0.15) is 0 Å². The monoisotopic (exact) mass is 372 g/mol. The van der Waals surface area contributed by atoms with Gasteiger partial charge in [-0.05, 0) is 30.7 Å². The first-order valence-corrected chi connectivity index (χ1v) is 8.50. The van der Waals surface area contributed by atoms with Crippen molar-refractivity contribution in [1.82, 2.24) is 0 Å². The highest BCUT2D eigenvalue weighted by Crippen LogP contribution is 2.38. The highest BCUT2D eigenvalue weighted by molar-refractivity contribution is 6.06. The fourth-order valence-corrected chi connectivity index (χ4v) is 2.68. The molecule has 2 aromatic carbocycles. The van der Waals surface area contributed by atoms with Crippen LogP contribution in [0.1, 0.15) is 35.7 Å². The van der Waals surface area contributed by atoms with Crippen molar-refractivity contribution in [2.24, 2.45) is 5.16 Å². The minimum absolute atomic E-state index is 0.329. The van der Waals surface area contributed by atoms with Crippen LogP contribution in [-0.4, -0.2) is 38.2 Å². The van der Waals surface area contributed by atoms with Crippen LogP contribution in [0.2, 0.25) is 0 Å². The molecule has 2 rings (SSSR count). The van der Waals surface area contributed by atoms with Crippen molar-refractivity contribution in [1.29, 1.82) is 0 Å². The largest absolute Gasteiger partial charge is 0.493 e. The molecule has 2 aromatic rings. The summed E-state index contributed by atoms with van der Waals surface area (Å²) in [5.41, 5.74) is 2.27. The fourth-order valence-electron chi connectivity index (χ4n) is 2.68. The van der Waals surface area contributed by atoms with Crippen LogP contribution in [0, 0.1) is 0 Å². The van der Waals surface area contributed by atoms with Crippen molar-refractivity contribution in [3.05, 3.63) is 47.5 Å². The Labute approximate surface area is 158 Å². The van der Waals surface area contributed by atoms with Gasteiger partial charge in [0.05, 0.1) is 27.0 Å². The first-order valence-electron chi connectivity index (χ1n) is 8.50. The van der Waals surface area contributed by atoms with Gasteiger partial charge in [0.25, 0.3) is 5.91 Å². The van der Waals surface area contributed by atoms with Gasteiger partial charge < -0.3 is 24.7 Å². The molecule has 7 heteroatoms. The van der Waals surface area contributed by atoms with E-state index in [2.05, 4.69) is 10.5 Å². The van der Waals surface area contributed by atoms with Gasteiger partial charge in [-0.25, -0.2) is 0 Å². The number of nitrogens with one attached hydrogen (secondary N) is 1. The lowest BCUT2D eigenvalue weighted by Gasteiger charge is -2.14. The van der Waals surface area contributed by atoms with Crippen LogP contribution < -0.4 is 19.5 Å². The van der Waals surface area contributed by atoms with Gasteiger partial charge >= 0.3 is 0 Å². The second kappa shape index (κ2) is 9.47. The zero-order valence-corrected chi connectivity index (χ0v) is 15.9. The lowest BCUT2D eigenvalue weighted by Crippen LogP contribution is -2.13. The number of rotatable bonds is 8. The van der Waals surface area contributed by atoms with Gasteiger partial charge in [-0.1, -0.05) is 30.6 Å². The Hall–Kier alpha value is -3.22. The maximum atomic E-state index is 12.7. The lowest BCUT2D eigenvalue weighted by atomic mass is 10.1. The molecule has 0 aliphatic heterocycles. The molecular weight excluding hydrogens is 348 g/mol. The Bertz CT molecular complexity index is 808. The summed E-state index contributed by atoms with van der Waals surface area (Å²) < 4.78 is 15.8. The van der Waals surface area contributed by atoms with Crippen LogP contribution in [0.3, 0.4) is 0 Å². The Morgan fingerprint density at radius 1 is 1.04 bits per heavy atom. The van der Waals surface area contributed by atoms with Gasteiger partial charge in [0, 0.05) is 16.8 Å². The van der Waals surface area contributed by atoms with Crippen LogP contribution >= 0.6 is 0 Å². The van der Waals surface area contributed by atoms with Crippen molar-refractivity contribution < 1.29 is 24.2 Å². The molecule has 0 aromatic heterocycles. The van der Waals surface area contributed by atoms with Crippen molar-refractivity contribution in [2.75, 3.05) is 26.6 Å². The van der Waals surface area contributed by atoms with Crippen LogP contribution in [0.5, 0.6) is 17.2 Å². The summed E-state index contributed by atoms with van der Waals surface area (Å²) in [6, 6.07) is 10.3. The minimum atomic E-state index is -0.329. The molecule has 0 saturated heterocycles. The second-order valence-electron chi connectivity index (χ2n) is 5.75. The highest BCUT2D eigenvalue weighted by Gasteiger charge is 2.17. The summed E-state index contributed by atoms with van der Waals surface area (Å²) in [7, 11) is 4.49. The molecule has 0 aliphatic carbocycles. The van der Waals surface area contributed by atoms with Gasteiger partial charge in [0.15, 0.2) is 11.5 Å². The minimum Gasteiger partial charge on any atom is -0.493 e. The number of carbonyl (C=O) groups is 1. The van der Waals surface area contributed by atoms with Crippen LogP contribution in [0.4, 0.5) is 5.69 Å². The number of methoxy groups -OCH3 is 3.